The first-order valence-electron chi connectivity index (χ1n) is 17.7. The lowest BCUT2D eigenvalue weighted by atomic mass is 9.60. The quantitative estimate of drug-likeness (QED) is 0.172. The molecule has 9 heteroatoms. The van der Waals surface area contributed by atoms with Crippen LogP contribution in [0.4, 0.5) is 11.4 Å². The average molecular weight is 673 g/mol. The van der Waals surface area contributed by atoms with Crippen molar-refractivity contribution in [3.63, 3.8) is 0 Å². The summed E-state index contributed by atoms with van der Waals surface area (Å²) in [5.74, 6) is -3.79. The number of allylic oxidation sites excluding steroid dienone is 2. The van der Waals surface area contributed by atoms with Crippen LogP contribution < -0.4 is 9.80 Å². The Morgan fingerprint density at radius 3 is 1.10 bits per heavy atom. The Morgan fingerprint density at radius 1 is 0.490 bits per heavy atom. The van der Waals surface area contributed by atoms with E-state index in [0.29, 0.717) is 0 Å². The van der Waals surface area contributed by atoms with Crippen LogP contribution in [0.25, 0.3) is 5.57 Å². The predicted octanol–water partition coefficient (Wildman–Crippen LogP) is 6.27. The molecule has 4 aliphatic rings. The molecule has 0 radical (unpaired) electrons. The van der Waals surface area contributed by atoms with Gasteiger partial charge in [0.05, 0.1) is 0 Å². The van der Waals surface area contributed by atoms with Crippen molar-refractivity contribution in [3.05, 3.63) is 86.5 Å². The minimum absolute atomic E-state index is 0.828. The number of hydrogen-bond acceptors (Lipinski definition) is 8. The molecule has 0 heterocycles. The molecule has 2 aromatic carbocycles. The van der Waals surface area contributed by atoms with E-state index in [-0.39, 0.29) is 0 Å². The summed E-state index contributed by atoms with van der Waals surface area (Å²) in [7, 11) is 10.3. The molecular weight excluding hydrogens is 618 g/mol. The van der Waals surface area contributed by atoms with E-state index in [2.05, 4.69) is 92.3 Å². The van der Waals surface area contributed by atoms with Crippen molar-refractivity contribution in [2.24, 2.45) is 0 Å². The van der Waals surface area contributed by atoms with Gasteiger partial charge in [-0.1, -0.05) is 0 Å². The van der Waals surface area contributed by atoms with Crippen LogP contribution in [-0.2, 0) is 45.8 Å². The lowest BCUT2D eigenvalue weighted by Gasteiger charge is -2.53. The summed E-state index contributed by atoms with van der Waals surface area (Å²) in [4.78, 5) is 4.69. The van der Waals surface area contributed by atoms with Crippen molar-refractivity contribution in [2.45, 2.75) is 58.9 Å². The lowest BCUT2D eigenvalue weighted by Crippen LogP contribution is -2.50. The van der Waals surface area contributed by atoms with Gasteiger partial charge in [0.1, 0.15) is 13.1 Å². The van der Waals surface area contributed by atoms with E-state index in [0.717, 1.165) is 112 Å². The summed E-state index contributed by atoms with van der Waals surface area (Å²) >= 11 is 0. The highest BCUT2D eigenvalue weighted by atomic mass is 16.7. The van der Waals surface area contributed by atoms with Crippen LogP contribution in [-0.4, -0.2) is 92.2 Å². The van der Waals surface area contributed by atoms with Gasteiger partial charge in [-0.15, -0.1) is 0 Å². The summed E-state index contributed by atoms with van der Waals surface area (Å²) in [6, 6.07) is 8.94. The highest BCUT2D eigenvalue weighted by Gasteiger charge is 2.61. The summed E-state index contributed by atoms with van der Waals surface area (Å²) in [5, 5.41) is 0. The highest BCUT2D eigenvalue weighted by molar-refractivity contribution is 6.10. The smallest absolute Gasteiger partial charge is 0.223 e. The molecule has 0 N–H and O–H groups in total. The summed E-state index contributed by atoms with van der Waals surface area (Å²) < 4.78 is 42.1. The van der Waals surface area contributed by atoms with Gasteiger partial charge < -0.3 is 38.2 Å². The molecule has 6 rings (SSSR count). The van der Waals surface area contributed by atoms with E-state index in [1.807, 2.05) is 0 Å². The van der Waals surface area contributed by atoms with Crippen LogP contribution >= 0.6 is 0 Å². The van der Waals surface area contributed by atoms with Crippen molar-refractivity contribution in [1.82, 2.24) is 0 Å². The van der Waals surface area contributed by atoms with Crippen LogP contribution in [0.3, 0.4) is 0 Å². The molecular formula is C40H54N3O6+. The number of nitrogens with zero attached hydrogens (tertiary/aromatic N) is 3. The van der Waals surface area contributed by atoms with Crippen molar-refractivity contribution in [3.8, 4) is 0 Å². The zero-order valence-electron chi connectivity index (χ0n) is 31.5. The third-order valence-electron chi connectivity index (χ3n) is 11.4. The van der Waals surface area contributed by atoms with E-state index in [9.17, 15) is 0 Å². The fourth-order valence-electron chi connectivity index (χ4n) is 8.94. The van der Waals surface area contributed by atoms with E-state index < -0.39 is 17.4 Å². The van der Waals surface area contributed by atoms with Crippen LogP contribution in [0, 0.1) is 0 Å². The predicted molar refractivity (Wildman–Crippen MR) is 195 cm³/mol. The van der Waals surface area contributed by atoms with Gasteiger partial charge in [-0.3, -0.25) is 0 Å². The molecule has 0 amide bonds. The Hall–Kier alpha value is -3.31. The minimum atomic E-state index is -1.26. The Labute approximate surface area is 292 Å². The average Bonchev–Trinajstić information content (AvgIpc) is 3.14. The Bertz CT molecular complexity index is 1650. The van der Waals surface area contributed by atoms with E-state index in [4.69, 9.17) is 28.4 Å². The van der Waals surface area contributed by atoms with Gasteiger partial charge in [0.15, 0.2) is 0 Å². The first kappa shape index (κ1) is 35.5. The maximum absolute atomic E-state index is 6.63. The highest BCUT2D eigenvalue weighted by Crippen LogP contribution is 2.65. The summed E-state index contributed by atoms with van der Waals surface area (Å²) in [6.45, 7) is 18.0. The van der Waals surface area contributed by atoms with Gasteiger partial charge in [-0.05, 0) is 71.4 Å². The van der Waals surface area contributed by atoms with E-state index >= 15 is 0 Å². The summed E-state index contributed by atoms with van der Waals surface area (Å²) in [5.41, 5.74) is 12.6. The van der Waals surface area contributed by atoms with Crippen molar-refractivity contribution < 1.29 is 33.0 Å². The number of anilines is 2. The molecule has 0 atom stereocenters. The molecule has 0 saturated carbocycles. The first-order chi connectivity index (χ1) is 23.7. The number of benzene rings is 2. The van der Waals surface area contributed by atoms with Crippen molar-refractivity contribution in [2.75, 3.05) is 91.7 Å². The van der Waals surface area contributed by atoms with Gasteiger partial charge >= 0.3 is 0 Å². The number of methoxy groups -OCH3 is 6. The number of rotatable bonds is 14. The second-order valence-electron chi connectivity index (χ2n) is 12.7. The van der Waals surface area contributed by atoms with E-state index in [1.54, 1.807) is 42.7 Å². The molecule has 0 saturated heterocycles. The van der Waals surface area contributed by atoms with Crippen LogP contribution in [0.5, 0.6) is 0 Å². The van der Waals surface area contributed by atoms with Crippen molar-refractivity contribution >= 4 is 22.7 Å². The second kappa shape index (κ2) is 13.1. The molecule has 0 spiro atoms. The fourth-order valence-corrected chi connectivity index (χ4v) is 8.94. The third-order valence-corrected chi connectivity index (χ3v) is 11.4. The molecule has 0 aliphatic heterocycles. The normalized spacial score (nSPS) is 18.6. The second-order valence-corrected chi connectivity index (χ2v) is 12.7. The maximum Gasteiger partial charge on any atom is 0.223 e. The number of ether oxygens (including phenoxy) is 6. The number of hydrogen-bond donors (Lipinski definition) is 0. The van der Waals surface area contributed by atoms with E-state index in [1.165, 1.54) is 0 Å². The van der Waals surface area contributed by atoms with Gasteiger partial charge in [0.25, 0.3) is 0 Å². The molecule has 49 heavy (non-hydrogen) atoms. The molecule has 0 aromatic heterocycles. The summed E-state index contributed by atoms with van der Waals surface area (Å²) in [6.07, 6.45) is 4.47. The Balaban J connectivity index is 1.94. The van der Waals surface area contributed by atoms with Gasteiger partial charge in [-0.2, -0.15) is 0 Å². The third kappa shape index (κ3) is 4.49. The van der Waals surface area contributed by atoms with Crippen LogP contribution in [0.15, 0.2) is 53.1 Å². The topological polar surface area (TPSA) is 64.9 Å². The van der Waals surface area contributed by atoms with Crippen LogP contribution in [0.2, 0.25) is 0 Å². The lowest BCUT2D eigenvalue weighted by molar-refractivity contribution is -0.519. The van der Waals surface area contributed by atoms with Crippen LogP contribution in [0.1, 0.15) is 74.9 Å². The SMILES string of the molecule is CCN(CC)c1cc2c3c(c1)C(OC)(OC)c1cc(N(CC)CC)cc4c1C3=C1C(=CC(=[N+](CC)CC)C=C1C4(OC)OC)C2(OC)OC. The molecule has 0 bridgehead atoms. The van der Waals surface area contributed by atoms with Crippen molar-refractivity contribution in [1.29, 1.82) is 0 Å². The molecule has 264 valence electrons. The molecule has 2 aromatic rings. The fraction of sp³-hybridized carbons (Fsp3) is 0.525. The molecule has 4 aliphatic carbocycles. The Morgan fingerprint density at radius 2 is 0.816 bits per heavy atom. The van der Waals surface area contributed by atoms with Gasteiger partial charge in [0.2, 0.25) is 23.1 Å². The zero-order valence-corrected chi connectivity index (χ0v) is 31.5. The standard InChI is InChI=1S/C40H54N3O6/c1-13-41(14-2)25-19-28-34-29(20-25)39(46-9,47-10)31-22-27(43(17-5)18-6)24-33-36(31)37(34)35-30(38(28,44-7)45-8)21-26(42(15-3)16-4)23-32(35)40(33,48-11)49-12/h19-24H,13-18H2,1-12H3/q+1. The van der Waals surface area contributed by atoms with Gasteiger partial charge in [0, 0.05) is 142 Å². The minimum Gasteiger partial charge on any atom is -0.372 e. The molecule has 9 nitrogen and oxygen atoms in total. The van der Waals surface area contributed by atoms with Gasteiger partial charge in [-0.25, -0.2) is 4.58 Å². The molecule has 0 unspecified atom stereocenters. The largest absolute Gasteiger partial charge is 0.372 e. The molecule has 0 fully saturated rings. The zero-order chi connectivity index (χ0) is 35.5. The Kier molecular flexibility index (Phi) is 9.50. The maximum atomic E-state index is 6.63. The monoisotopic (exact) mass is 672 g/mol. The first-order valence-corrected chi connectivity index (χ1v) is 17.7.